The summed E-state index contributed by atoms with van der Waals surface area (Å²) >= 11 is 2.89. The van der Waals surface area contributed by atoms with Crippen molar-refractivity contribution in [1.82, 2.24) is 9.80 Å². The van der Waals surface area contributed by atoms with Crippen molar-refractivity contribution in [1.29, 1.82) is 0 Å². The topological polar surface area (TPSA) is 49.9 Å². The van der Waals surface area contributed by atoms with E-state index in [1.54, 1.807) is 27.7 Å². The number of piperazine rings is 1. The van der Waals surface area contributed by atoms with E-state index in [0.717, 1.165) is 0 Å². The highest BCUT2D eigenvalue weighted by atomic mass is 79.9. The van der Waals surface area contributed by atoms with Crippen LogP contribution in [0.4, 0.5) is 13.6 Å². The minimum atomic E-state index is -1.18. The molecule has 0 N–H and O–H groups in total. The molecule has 2 amide bonds. The lowest BCUT2D eigenvalue weighted by molar-refractivity contribution is 0.00606. The Morgan fingerprint density at radius 2 is 1.84 bits per heavy atom. The van der Waals surface area contributed by atoms with E-state index in [1.807, 2.05) is 0 Å². The molecule has 1 heterocycles. The van der Waals surface area contributed by atoms with E-state index < -0.39 is 29.2 Å². The maximum absolute atomic E-state index is 14.0. The van der Waals surface area contributed by atoms with Crippen LogP contribution in [0, 0.1) is 11.6 Å². The van der Waals surface area contributed by atoms with E-state index in [4.69, 9.17) is 4.74 Å². The monoisotopic (exact) mass is 418 g/mol. The van der Waals surface area contributed by atoms with Crippen molar-refractivity contribution in [2.45, 2.75) is 39.3 Å². The zero-order chi connectivity index (χ0) is 18.9. The molecule has 138 valence electrons. The molecule has 0 aliphatic carbocycles. The van der Waals surface area contributed by atoms with Gasteiger partial charge in [-0.15, -0.1) is 0 Å². The molecule has 1 saturated heterocycles. The number of amides is 2. The molecule has 1 atom stereocenters. The first-order valence-corrected chi connectivity index (χ1v) is 8.73. The fourth-order valence-electron chi connectivity index (χ4n) is 2.60. The van der Waals surface area contributed by atoms with Gasteiger partial charge in [0, 0.05) is 25.7 Å². The molecule has 0 unspecified atom stereocenters. The van der Waals surface area contributed by atoms with Crippen molar-refractivity contribution in [3.8, 4) is 0 Å². The summed E-state index contributed by atoms with van der Waals surface area (Å²) in [5, 5.41) is 0. The first-order chi connectivity index (χ1) is 11.5. The van der Waals surface area contributed by atoms with Crippen LogP contribution in [0.1, 0.15) is 38.1 Å². The van der Waals surface area contributed by atoms with Crippen LogP contribution in [0.25, 0.3) is 0 Å². The van der Waals surface area contributed by atoms with Crippen LogP contribution in [0.2, 0.25) is 0 Å². The second kappa shape index (κ2) is 7.27. The molecule has 0 radical (unpaired) electrons. The first kappa shape index (κ1) is 19.6. The van der Waals surface area contributed by atoms with Crippen LogP contribution in [-0.4, -0.2) is 53.1 Å². The third-order valence-corrected chi connectivity index (χ3v) is 4.42. The molecule has 1 aromatic rings. The maximum Gasteiger partial charge on any atom is 0.410 e. The standard InChI is InChI=1S/C17H21BrF2N2O3/c1-10-9-21(16(24)25-17(2,3)4)7-8-22(10)15(23)11-5-6-12(18)14(20)13(11)19/h5-6,10H,7-9H2,1-4H3/t10-/m0/s1. The fourth-order valence-corrected chi connectivity index (χ4v) is 2.90. The number of nitrogens with zero attached hydrogens (tertiary/aromatic N) is 2. The van der Waals surface area contributed by atoms with Gasteiger partial charge in [0.05, 0.1) is 10.0 Å². The van der Waals surface area contributed by atoms with Gasteiger partial charge in [-0.3, -0.25) is 4.79 Å². The molecular weight excluding hydrogens is 398 g/mol. The quantitative estimate of drug-likeness (QED) is 0.651. The number of halogens is 3. The van der Waals surface area contributed by atoms with E-state index in [2.05, 4.69) is 15.9 Å². The Hall–Kier alpha value is -1.70. The minimum absolute atomic E-state index is 0.0376. The van der Waals surface area contributed by atoms with E-state index in [9.17, 15) is 18.4 Å². The molecule has 5 nitrogen and oxygen atoms in total. The van der Waals surface area contributed by atoms with Gasteiger partial charge in [0.2, 0.25) is 0 Å². The predicted octanol–water partition coefficient (Wildman–Crippen LogP) is 3.81. The van der Waals surface area contributed by atoms with E-state index in [1.165, 1.54) is 21.9 Å². The van der Waals surface area contributed by atoms with Crippen molar-refractivity contribution in [3.63, 3.8) is 0 Å². The van der Waals surface area contributed by atoms with Gasteiger partial charge >= 0.3 is 6.09 Å². The van der Waals surface area contributed by atoms with Gasteiger partial charge in [0.1, 0.15) is 5.60 Å². The van der Waals surface area contributed by atoms with Crippen LogP contribution in [0.3, 0.4) is 0 Å². The minimum Gasteiger partial charge on any atom is -0.444 e. The summed E-state index contributed by atoms with van der Waals surface area (Å²) in [6.07, 6.45) is -0.452. The zero-order valence-electron chi connectivity index (χ0n) is 14.6. The Morgan fingerprint density at radius 3 is 2.40 bits per heavy atom. The summed E-state index contributed by atoms with van der Waals surface area (Å²) in [6, 6.07) is 2.20. The summed E-state index contributed by atoms with van der Waals surface area (Å²) < 4.78 is 33.0. The number of carbonyl (C=O) groups excluding carboxylic acids is 2. The van der Waals surface area contributed by atoms with Crippen LogP contribution >= 0.6 is 15.9 Å². The van der Waals surface area contributed by atoms with Crippen molar-refractivity contribution in [2.75, 3.05) is 19.6 Å². The van der Waals surface area contributed by atoms with Gasteiger partial charge in [0.25, 0.3) is 5.91 Å². The largest absolute Gasteiger partial charge is 0.444 e. The number of hydrogen-bond acceptors (Lipinski definition) is 3. The molecule has 1 aliphatic rings. The molecule has 0 bridgehead atoms. The highest BCUT2D eigenvalue weighted by molar-refractivity contribution is 9.10. The van der Waals surface area contributed by atoms with Gasteiger partial charge in [0.15, 0.2) is 11.6 Å². The average Bonchev–Trinajstić information content (AvgIpc) is 2.50. The third kappa shape index (κ3) is 4.48. The SMILES string of the molecule is C[C@H]1CN(C(=O)OC(C)(C)C)CCN1C(=O)c1ccc(Br)c(F)c1F. The Bertz CT molecular complexity index is 691. The Labute approximate surface area is 154 Å². The lowest BCUT2D eigenvalue weighted by Gasteiger charge is -2.40. The lowest BCUT2D eigenvalue weighted by atomic mass is 10.1. The molecular formula is C17H21BrF2N2O3. The molecule has 1 aliphatic heterocycles. The van der Waals surface area contributed by atoms with Gasteiger partial charge in [-0.2, -0.15) is 0 Å². The van der Waals surface area contributed by atoms with Crippen molar-refractivity contribution in [2.24, 2.45) is 0 Å². The van der Waals surface area contributed by atoms with Crippen molar-refractivity contribution < 1.29 is 23.1 Å². The van der Waals surface area contributed by atoms with E-state index in [0.29, 0.717) is 0 Å². The predicted molar refractivity (Wildman–Crippen MR) is 92.4 cm³/mol. The third-order valence-electron chi connectivity index (χ3n) is 3.81. The van der Waals surface area contributed by atoms with Crippen LogP contribution in [-0.2, 0) is 4.74 Å². The van der Waals surface area contributed by atoms with Gasteiger partial charge in [-0.05, 0) is 55.8 Å². The van der Waals surface area contributed by atoms with E-state index >= 15 is 0 Å². The normalized spacial score (nSPS) is 18.3. The molecule has 1 aromatic carbocycles. The number of rotatable bonds is 1. The van der Waals surface area contributed by atoms with Gasteiger partial charge in [-0.1, -0.05) is 0 Å². The van der Waals surface area contributed by atoms with Crippen LogP contribution in [0.5, 0.6) is 0 Å². The van der Waals surface area contributed by atoms with Gasteiger partial charge < -0.3 is 14.5 Å². The number of carbonyl (C=O) groups is 2. The Balaban J connectivity index is 2.10. The maximum atomic E-state index is 14.0. The second-order valence-electron chi connectivity index (χ2n) is 7.00. The number of benzene rings is 1. The molecule has 0 spiro atoms. The number of hydrogen-bond donors (Lipinski definition) is 0. The average molecular weight is 419 g/mol. The zero-order valence-corrected chi connectivity index (χ0v) is 16.2. The molecule has 0 saturated carbocycles. The highest BCUT2D eigenvalue weighted by Gasteiger charge is 2.33. The summed E-state index contributed by atoms with van der Waals surface area (Å²) in [4.78, 5) is 27.6. The molecule has 8 heteroatoms. The van der Waals surface area contributed by atoms with Crippen LogP contribution < -0.4 is 0 Å². The molecule has 25 heavy (non-hydrogen) atoms. The Kier molecular flexibility index (Phi) is 5.71. The number of ether oxygens (including phenoxy) is 1. The van der Waals surface area contributed by atoms with E-state index in [-0.39, 0.29) is 35.7 Å². The first-order valence-electron chi connectivity index (χ1n) is 7.93. The molecule has 1 fully saturated rings. The summed E-state index contributed by atoms with van der Waals surface area (Å²) in [5.74, 6) is -2.87. The highest BCUT2D eigenvalue weighted by Crippen LogP contribution is 2.24. The summed E-state index contributed by atoms with van der Waals surface area (Å²) in [5.41, 5.74) is -0.927. The van der Waals surface area contributed by atoms with Crippen LogP contribution in [0.15, 0.2) is 16.6 Å². The molecule has 0 aromatic heterocycles. The Morgan fingerprint density at radius 1 is 1.20 bits per heavy atom. The van der Waals surface area contributed by atoms with Crippen molar-refractivity contribution >= 4 is 27.9 Å². The van der Waals surface area contributed by atoms with Gasteiger partial charge in [-0.25, -0.2) is 13.6 Å². The lowest BCUT2D eigenvalue weighted by Crippen LogP contribution is -2.56. The fraction of sp³-hybridized carbons (Fsp3) is 0.529. The van der Waals surface area contributed by atoms with Crippen molar-refractivity contribution in [3.05, 3.63) is 33.8 Å². The second-order valence-corrected chi connectivity index (χ2v) is 7.85. The molecule has 2 rings (SSSR count). The smallest absolute Gasteiger partial charge is 0.410 e. The summed E-state index contributed by atoms with van der Waals surface area (Å²) in [6.45, 7) is 7.84. The summed E-state index contributed by atoms with van der Waals surface area (Å²) in [7, 11) is 0.